The molecule has 1 N–H and O–H groups in total. The predicted molar refractivity (Wildman–Crippen MR) is 163 cm³/mol. The first kappa shape index (κ1) is 36.9. The molecule has 0 radical (unpaired) electrons. The molecule has 212 valence electrons. The minimum Gasteiger partial charge on any atom is -0.396 e. The van der Waals surface area contributed by atoms with Crippen molar-refractivity contribution in [3.63, 3.8) is 0 Å². The van der Waals surface area contributed by atoms with Crippen molar-refractivity contribution >= 4 is 0 Å². The third kappa shape index (κ3) is 41.1. The highest BCUT2D eigenvalue weighted by Crippen LogP contribution is 2.13. The molecule has 1 heteroatoms. The number of allylic oxidation sites excluding steroid dienone is 2. The van der Waals surface area contributed by atoms with Crippen molar-refractivity contribution in [1.82, 2.24) is 0 Å². The molecule has 0 spiro atoms. The number of unbranched alkanes of at least 4 members (excludes halogenated alkanes) is 25. The van der Waals surface area contributed by atoms with E-state index in [1.807, 2.05) is 0 Å². The van der Waals surface area contributed by atoms with Gasteiger partial charge in [0.25, 0.3) is 0 Å². The Morgan fingerprint density at radius 1 is 0.314 bits per heavy atom. The normalized spacial score (nSPS) is 11.2. The molecule has 35 heavy (non-hydrogen) atoms. The third-order valence-corrected chi connectivity index (χ3v) is 7.13. The fourth-order valence-electron chi connectivity index (χ4n) is 4.63. The van der Waals surface area contributed by atoms with E-state index < -0.39 is 0 Å². The molecule has 0 unspecified atom stereocenters. The first-order chi connectivity index (χ1) is 17.3. The van der Waals surface area contributed by atoms with E-state index in [2.05, 4.69) is 32.9 Å². The zero-order chi connectivity index (χ0) is 25.9. The lowest BCUT2D eigenvalue weighted by Gasteiger charge is -2.02. The van der Waals surface area contributed by atoms with E-state index in [-0.39, 0.29) is 0 Å². The summed E-state index contributed by atoms with van der Waals surface area (Å²) in [7, 11) is 0. The molecule has 0 atom stereocenters. The van der Waals surface area contributed by atoms with Crippen molar-refractivity contribution in [1.29, 1.82) is 0 Å². The number of aliphatic hydroxyl groups is 1. The quantitative estimate of drug-likeness (QED) is 0.0846. The second kappa shape index (κ2) is 38.2. The fraction of sp³-hybridized carbons (Fsp3) is 0.941. The summed E-state index contributed by atoms with van der Waals surface area (Å²) in [5, 5.41) is 8.66. The van der Waals surface area contributed by atoms with Gasteiger partial charge < -0.3 is 5.11 Å². The van der Waals surface area contributed by atoms with Gasteiger partial charge in [-0.25, -0.2) is 0 Å². The van der Waals surface area contributed by atoms with Crippen LogP contribution in [0.15, 0.2) is 12.2 Å². The second-order valence-electron chi connectivity index (χ2n) is 10.9. The highest BCUT2D eigenvalue weighted by Gasteiger charge is 1.93. The molecule has 0 aliphatic rings. The maximum Gasteiger partial charge on any atom is 0.0431 e. The molecule has 0 aromatic carbocycles. The molecule has 0 fully saturated rings. The Hall–Kier alpha value is -0.300. The molecule has 0 rings (SSSR count). The number of hydrogen-bond acceptors (Lipinski definition) is 1. The van der Waals surface area contributed by atoms with Crippen LogP contribution < -0.4 is 0 Å². The molecule has 0 aromatic heterocycles. The van der Waals surface area contributed by atoms with E-state index in [0.29, 0.717) is 6.61 Å². The van der Waals surface area contributed by atoms with Gasteiger partial charge in [-0.1, -0.05) is 181 Å². The SMILES string of the molecule is CCCCCCCC/C=C\CCCCCCCCO.CCCCCCCCCCCCCCCC. The average molecular weight is 495 g/mol. The monoisotopic (exact) mass is 495 g/mol. The topological polar surface area (TPSA) is 20.2 Å². The molecule has 0 aromatic rings. The first-order valence-electron chi connectivity index (χ1n) is 16.6. The van der Waals surface area contributed by atoms with Gasteiger partial charge >= 0.3 is 0 Å². The molecule has 0 aliphatic heterocycles. The molecule has 0 saturated carbocycles. The van der Waals surface area contributed by atoms with Crippen LogP contribution in [0.4, 0.5) is 0 Å². The van der Waals surface area contributed by atoms with Gasteiger partial charge in [0.15, 0.2) is 0 Å². The Bertz CT molecular complexity index is 334. The van der Waals surface area contributed by atoms with E-state index in [4.69, 9.17) is 5.11 Å². The van der Waals surface area contributed by atoms with Crippen LogP contribution in [0.2, 0.25) is 0 Å². The molecule has 1 nitrogen and oxygen atoms in total. The van der Waals surface area contributed by atoms with Crippen molar-refractivity contribution in [2.75, 3.05) is 6.61 Å². The van der Waals surface area contributed by atoms with Crippen LogP contribution in [0.5, 0.6) is 0 Å². The Kier molecular flexibility index (Phi) is 40.3. The zero-order valence-corrected chi connectivity index (χ0v) is 25.1. The van der Waals surface area contributed by atoms with Crippen LogP contribution in [0, 0.1) is 0 Å². The maximum absolute atomic E-state index is 8.66. The van der Waals surface area contributed by atoms with Gasteiger partial charge in [0.1, 0.15) is 0 Å². The van der Waals surface area contributed by atoms with Gasteiger partial charge in [0.05, 0.1) is 0 Å². The van der Waals surface area contributed by atoms with Gasteiger partial charge in [-0.3, -0.25) is 0 Å². The minimum absolute atomic E-state index is 0.362. The Labute approximate surface area is 224 Å². The van der Waals surface area contributed by atoms with Crippen LogP contribution in [0.25, 0.3) is 0 Å². The summed E-state index contributed by atoms with van der Waals surface area (Å²) >= 11 is 0. The minimum atomic E-state index is 0.362. The van der Waals surface area contributed by atoms with E-state index in [1.165, 1.54) is 173 Å². The summed E-state index contributed by atoms with van der Waals surface area (Å²) in [6.07, 6.45) is 43.6. The Morgan fingerprint density at radius 3 is 0.800 bits per heavy atom. The van der Waals surface area contributed by atoms with Gasteiger partial charge in [-0.15, -0.1) is 0 Å². The standard InChI is InChI=1S/C18H36O.C16H34/c1-2-3-4-5-6-7-8-9-10-11-12-13-14-15-16-17-18-19;1-3-5-7-9-11-13-15-16-14-12-10-8-6-4-2/h9-10,19H,2-8,11-18H2,1H3;3-16H2,1-2H3/b10-9-;. The largest absolute Gasteiger partial charge is 0.396 e. The summed E-state index contributed by atoms with van der Waals surface area (Å²) in [5.41, 5.74) is 0. The molecule has 0 amide bonds. The van der Waals surface area contributed by atoms with Crippen molar-refractivity contribution in [3.8, 4) is 0 Å². The number of aliphatic hydroxyl groups excluding tert-OH is 1. The smallest absolute Gasteiger partial charge is 0.0431 e. The summed E-state index contributed by atoms with van der Waals surface area (Å²) < 4.78 is 0. The summed E-state index contributed by atoms with van der Waals surface area (Å²) in [6, 6.07) is 0. The lowest BCUT2D eigenvalue weighted by molar-refractivity contribution is 0.282. The van der Waals surface area contributed by atoms with E-state index in [9.17, 15) is 0 Å². The van der Waals surface area contributed by atoms with Gasteiger partial charge in [0.2, 0.25) is 0 Å². The Morgan fingerprint density at radius 2 is 0.543 bits per heavy atom. The average Bonchev–Trinajstić information content (AvgIpc) is 2.87. The molecule has 0 bridgehead atoms. The number of rotatable bonds is 28. The fourth-order valence-corrected chi connectivity index (χ4v) is 4.63. The van der Waals surface area contributed by atoms with Gasteiger partial charge in [-0.2, -0.15) is 0 Å². The number of hydrogen-bond donors (Lipinski definition) is 1. The Balaban J connectivity index is 0. The predicted octanol–water partition coefficient (Wildman–Crippen LogP) is 12.5. The second-order valence-corrected chi connectivity index (χ2v) is 10.9. The van der Waals surface area contributed by atoms with Crippen molar-refractivity contribution in [2.45, 2.75) is 201 Å². The maximum atomic E-state index is 8.66. The zero-order valence-electron chi connectivity index (χ0n) is 25.1. The van der Waals surface area contributed by atoms with Crippen LogP contribution in [-0.4, -0.2) is 11.7 Å². The van der Waals surface area contributed by atoms with Crippen LogP contribution >= 0.6 is 0 Å². The first-order valence-corrected chi connectivity index (χ1v) is 16.6. The van der Waals surface area contributed by atoms with E-state index in [1.54, 1.807) is 0 Å². The highest BCUT2D eigenvalue weighted by molar-refractivity contribution is 4.81. The van der Waals surface area contributed by atoms with Crippen LogP contribution in [0.3, 0.4) is 0 Å². The van der Waals surface area contributed by atoms with E-state index in [0.717, 1.165) is 6.42 Å². The lowest BCUT2D eigenvalue weighted by atomic mass is 10.0. The molecule has 0 saturated heterocycles. The van der Waals surface area contributed by atoms with Gasteiger partial charge in [0, 0.05) is 6.61 Å². The van der Waals surface area contributed by atoms with Crippen molar-refractivity contribution < 1.29 is 5.11 Å². The lowest BCUT2D eigenvalue weighted by Crippen LogP contribution is -1.83. The van der Waals surface area contributed by atoms with Crippen LogP contribution in [0.1, 0.15) is 201 Å². The molecular formula is C34H70O. The highest BCUT2D eigenvalue weighted by atomic mass is 16.2. The van der Waals surface area contributed by atoms with E-state index >= 15 is 0 Å². The van der Waals surface area contributed by atoms with Gasteiger partial charge in [-0.05, 0) is 32.1 Å². The molecule has 0 aliphatic carbocycles. The molecule has 0 heterocycles. The third-order valence-electron chi connectivity index (χ3n) is 7.13. The summed E-state index contributed by atoms with van der Waals surface area (Å²) in [5.74, 6) is 0. The van der Waals surface area contributed by atoms with Crippen molar-refractivity contribution in [3.05, 3.63) is 12.2 Å². The van der Waals surface area contributed by atoms with Crippen molar-refractivity contribution in [2.24, 2.45) is 0 Å². The van der Waals surface area contributed by atoms with Crippen LogP contribution in [-0.2, 0) is 0 Å². The summed E-state index contributed by atoms with van der Waals surface area (Å²) in [4.78, 5) is 0. The summed E-state index contributed by atoms with van der Waals surface area (Å²) in [6.45, 7) is 7.22. The molecular weight excluding hydrogens is 424 g/mol.